The standard InChI is InChI=1S/C9H9N3O/c10-12-8-4-2-1-3-7(8)5-6-9(12)11-13/h1-6,13H,10H2. The number of nitrogen functional groups attached to an aromatic ring is 1. The van der Waals surface area contributed by atoms with Crippen molar-refractivity contribution in [1.29, 1.82) is 0 Å². The summed E-state index contributed by atoms with van der Waals surface area (Å²) in [7, 11) is 0. The number of rotatable bonds is 0. The number of para-hydroxylation sites is 1. The van der Waals surface area contributed by atoms with Gasteiger partial charge in [0.25, 0.3) is 0 Å². The molecule has 0 saturated heterocycles. The Morgan fingerprint density at radius 1 is 1.15 bits per heavy atom. The Labute approximate surface area is 74.5 Å². The summed E-state index contributed by atoms with van der Waals surface area (Å²) in [6.45, 7) is 0. The number of nitrogens with two attached hydrogens (primary N) is 1. The average Bonchev–Trinajstić information content (AvgIpc) is 2.19. The number of aromatic nitrogens is 1. The van der Waals surface area contributed by atoms with Crippen molar-refractivity contribution in [3.63, 3.8) is 0 Å². The van der Waals surface area contributed by atoms with E-state index in [0.717, 1.165) is 10.9 Å². The first-order valence-corrected chi connectivity index (χ1v) is 3.87. The number of benzene rings is 1. The Hall–Kier alpha value is -1.97. The summed E-state index contributed by atoms with van der Waals surface area (Å²) in [6, 6.07) is 11.1. The molecule has 2 rings (SSSR count). The number of hydrogen-bond donors (Lipinski definition) is 2. The quantitative estimate of drug-likeness (QED) is 0.350. The molecule has 0 spiro atoms. The van der Waals surface area contributed by atoms with Crippen molar-refractivity contribution in [3.05, 3.63) is 41.9 Å². The Bertz CT molecular complexity index is 501. The average molecular weight is 175 g/mol. The van der Waals surface area contributed by atoms with Crippen molar-refractivity contribution in [1.82, 2.24) is 4.68 Å². The fraction of sp³-hybridized carbons (Fsp3) is 0. The number of hydrogen-bond acceptors (Lipinski definition) is 3. The molecule has 0 radical (unpaired) electrons. The largest absolute Gasteiger partial charge is 0.409 e. The van der Waals surface area contributed by atoms with Crippen LogP contribution in [0.1, 0.15) is 0 Å². The van der Waals surface area contributed by atoms with Gasteiger partial charge in [-0.1, -0.05) is 23.4 Å². The molecule has 0 aliphatic heterocycles. The van der Waals surface area contributed by atoms with Crippen molar-refractivity contribution in [2.75, 3.05) is 5.84 Å². The molecule has 4 nitrogen and oxygen atoms in total. The first kappa shape index (κ1) is 7.67. The summed E-state index contributed by atoms with van der Waals surface area (Å²) in [5, 5.41) is 12.7. The van der Waals surface area contributed by atoms with Crippen molar-refractivity contribution in [2.24, 2.45) is 5.16 Å². The molecule has 13 heavy (non-hydrogen) atoms. The molecule has 66 valence electrons. The highest BCUT2D eigenvalue weighted by atomic mass is 16.4. The van der Waals surface area contributed by atoms with Crippen LogP contribution >= 0.6 is 0 Å². The minimum atomic E-state index is 0.332. The minimum Gasteiger partial charge on any atom is -0.409 e. The Balaban J connectivity index is 2.95. The molecule has 0 aliphatic rings. The third-order valence-electron chi connectivity index (χ3n) is 1.96. The van der Waals surface area contributed by atoms with Gasteiger partial charge >= 0.3 is 0 Å². The lowest BCUT2D eigenvalue weighted by molar-refractivity contribution is 0.296. The highest BCUT2D eigenvalue weighted by Gasteiger charge is 1.95. The molecule has 1 heterocycles. The zero-order valence-corrected chi connectivity index (χ0v) is 6.88. The van der Waals surface area contributed by atoms with E-state index in [4.69, 9.17) is 11.0 Å². The van der Waals surface area contributed by atoms with E-state index in [-0.39, 0.29) is 0 Å². The molecule has 0 aliphatic carbocycles. The second kappa shape index (κ2) is 2.82. The predicted molar refractivity (Wildman–Crippen MR) is 49.4 cm³/mol. The van der Waals surface area contributed by atoms with E-state index in [9.17, 15) is 0 Å². The lowest BCUT2D eigenvalue weighted by Crippen LogP contribution is -2.27. The number of pyridine rings is 1. The summed E-state index contributed by atoms with van der Waals surface area (Å²) in [5.41, 5.74) is 1.16. The van der Waals surface area contributed by atoms with E-state index in [1.165, 1.54) is 4.68 Å². The van der Waals surface area contributed by atoms with Gasteiger partial charge in [-0.3, -0.25) is 0 Å². The van der Waals surface area contributed by atoms with E-state index in [2.05, 4.69) is 5.16 Å². The maximum atomic E-state index is 8.60. The SMILES string of the molecule is Nn1c(=NO)ccc2ccccc21. The van der Waals surface area contributed by atoms with Crippen LogP contribution in [0.15, 0.2) is 41.6 Å². The molecule has 3 N–H and O–H groups in total. The Kier molecular flexibility index (Phi) is 1.66. The van der Waals surface area contributed by atoms with Crippen LogP contribution in [-0.2, 0) is 0 Å². The zero-order chi connectivity index (χ0) is 9.26. The molecule has 0 bridgehead atoms. The van der Waals surface area contributed by atoms with Gasteiger partial charge in [-0.05, 0) is 18.2 Å². The second-order valence-electron chi connectivity index (χ2n) is 2.72. The van der Waals surface area contributed by atoms with Crippen LogP contribution in [0.5, 0.6) is 0 Å². The van der Waals surface area contributed by atoms with Gasteiger partial charge in [0.1, 0.15) is 0 Å². The van der Waals surface area contributed by atoms with Crippen LogP contribution in [0.4, 0.5) is 0 Å². The number of nitrogens with zero attached hydrogens (tertiary/aromatic N) is 2. The monoisotopic (exact) mass is 175 g/mol. The molecule has 0 atom stereocenters. The predicted octanol–water partition coefficient (Wildman–Crippen LogP) is 0.645. The summed E-state index contributed by atoms with van der Waals surface area (Å²) in [4.78, 5) is 0. The van der Waals surface area contributed by atoms with E-state index < -0.39 is 0 Å². The van der Waals surface area contributed by atoms with E-state index in [1.807, 2.05) is 30.3 Å². The third-order valence-corrected chi connectivity index (χ3v) is 1.96. The van der Waals surface area contributed by atoms with Gasteiger partial charge in [-0.25, -0.2) is 4.68 Å². The normalized spacial score (nSPS) is 12.2. The fourth-order valence-electron chi connectivity index (χ4n) is 1.30. The third kappa shape index (κ3) is 1.12. The van der Waals surface area contributed by atoms with E-state index in [1.54, 1.807) is 6.07 Å². The minimum absolute atomic E-state index is 0.332. The maximum Gasteiger partial charge on any atom is 0.190 e. The molecule has 0 amide bonds. The van der Waals surface area contributed by atoms with Gasteiger partial charge in [0.15, 0.2) is 5.49 Å². The van der Waals surface area contributed by atoms with Gasteiger partial charge in [0.05, 0.1) is 5.52 Å². The maximum absolute atomic E-state index is 8.60. The van der Waals surface area contributed by atoms with E-state index >= 15 is 0 Å². The first-order valence-electron chi connectivity index (χ1n) is 3.87. The Morgan fingerprint density at radius 2 is 1.92 bits per heavy atom. The first-order chi connectivity index (χ1) is 6.33. The van der Waals surface area contributed by atoms with Crippen LogP contribution in [-0.4, -0.2) is 9.88 Å². The van der Waals surface area contributed by atoms with Crippen molar-refractivity contribution >= 4 is 10.9 Å². The molecule has 0 fully saturated rings. The lowest BCUT2D eigenvalue weighted by atomic mass is 10.2. The smallest absolute Gasteiger partial charge is 0.190 e. The molecular weight excluding hydrogens is 166 g/mol. The topological polar surface area (TPSA) is 63.5 Å². The van der Waals surface area contributed by atoms with Crippen LogP contribution in [0.3, 0.4) is 0 Å². The van der Waals surface area contributed by atoms with Gasteiger partial charge in [0.2, 0.25) is 0 Å². The lowest BCUT2D eigenvalue weighted by Gasteiger charge is -2.03. The van der Waals surface area contributed by atoms with Crippen LogP contribution in [0.2, 0.25) is 0 Å². The molecule has 0 saturated carbocycles. The molecule has 1 aromatic heterocycles. The second-order valence-corrected chi connectivity index (χ2v) is 2.72. The van der Waals surface area contributed by atoms with Crippen molar-refractivity contribution in [3.8, 4) is 0 Å². The van der Waals surface area contributed by atoms with Crippen LogP contribution in [0.25, 0.3) is 10.9 Å². The Morgan fingerprint density at radius 3 is 2.69 bits per heavy atom. The van der Waals surface area contributed by atoms with E-state index in [0.29, 0.717) is 5.49 Å². The van der Waals surface area contributed by atoms with Gasteiger partial charge < -0.3 is 11.0 Å². The molecular formula is C9H9N3O. The van der Waals surface area contributed by atoms with Gasteiger partial charge in [0, 0.05) is 5.39 Å². The molecule has 1 aromatic carbocycles. The van der Waals surface area contributed by atoms with Gasteiger partial charge in [-0.15, -0.1) is 0 Å². The fourth-order valence-corrected chi connectivity index (χ4v) is 1.30. The highest BCUT2D eigenvalue weighted by Crippen LogP contribution is 2.08. The van der Waals surface area contributed by atoms with Gasteiger partial charge in [-0.2, -0.15) is 0 Å². The van der Waals surface area contributed by atoms with Crippen molar-refractivity contribution < 1.29 is 5.21 Å². The van der Waals surface area contributed by atoms with Crippen molar-refractivity contribution in [2.45, 2.75) is 0 Å². The summed E-state index contributed by atoms with van der Waals surface area (Å²) < 4.78 is 1.34. The van der Waals surface area contributed by atoms with Crippen LogP contribution < -0.4 is 11.3 Å². The molecule has 4 heteroatoms. The highest BCUT2D eigenvalue weighted by molar-refractivity contribution is 5.78. The zero-order valence-electron chi connectivity index (χ0n) is 6.88. The summed E-state index contributed by atoms with van der Waals surface area (Å²) in [5.74, 6) is 5.69. The number of fused-ring (bicyclic) bond motifs is 1. The summed E-state index contributed by atoms with van der Waals surface area (Å²) in [6.07, 6.45) is 0. The van der Waals surface area contributed by atoms with Crippen LogP contribution in [0, 0.1) is 0 Å². The molecule has 0 unspecified atom stereocenters. The molecule has 2 aromatic rings. The summed E-state index contributed by atoms with van der Waals surface area (Å²) >= 11 is 0.